The Bertz CT molecular complexity index is 1240. The third-order valence-corrected chi connectivity index (χ3v) is 7.51. The molecular formula is C25H25N3O6. The standard InChI is InChI=1S/C25H25N3O6/c1-3-13-4-6-16-15(8-13)25(24(32)26-16)20-19(21(27-25)12(2)29)22(30)28(23(20)31)10-14-5-7-17-18(9-14)34-11-33-17/h4-9,12,19-21,27,29H,3,10-11H2,1-2H3,(H,26,32). The SMILES string of the molecule is CCc1ccc2c(c1)C1(NC(C(C)O)C3C(=O)N(Cc4ccc5c(c4)OCO5)C(=O)C31)C(=O)N2. The normalized spacial score (nSPS) is 29.6. The predicted octanol–water partition coefficient (Wildman–Crippen LogP) is 1.28. The Hall–Kier alpha value is -3.43. The first-order chi connectivity index (χ1) is 16.3. The van der Waals surface area contributed by atoms with Gasteiger partial charge in [-0.2, -0.15) is 0 Å². The van der Waals surface area contributed by atoms with Crippen molar-refractivity contribution in [3.8, 4) is 11.5 Å². The maximum absolute atomic E-state index is 13.8. The molecule has 2 fully saturated rings. The molecule has 0 radical (unpaired) electrons. The lowest BCUT2D eigenvalue weighted by Crippen LogP contribution is -2.54. The molecule has 0 bridgehead atoms. The van der Waals surface area contributed by atoms with Crippen LogP contribution < -0.4 is 20.1 Å². The highest BCUT2D eigenvalue weighted by molar-refractivity contribution is 6.15. The van der Waals surface area contributed by atoms with Crippen LogP contribution in [0.25, 0.3) is 0 Å². The Labute approximate surface area is 196 Å². The molecule has 3 N–H and O–H groups in total. The van der Waals surface area contributed by atoms with Crippen molar-refractivity contribution in [2.24, 2.45) is 11.8 Å². The van der Waals surface area contributed by atoms with Crippen molar-refractivity contribution in [2.45, 2.75) is 44.5 Å². The second-order valence-electron chi connectivity index (χ2n) is 9.36. The summed E-state index contributed by atoms with van der Waals surface area (Å²) in [5.74, 6) is -1.83. The molecule has 176 valence electrons. The molecule has 3 amide bonds. The molecule has 2 aromatic rings. The number of hydrogen-bond acceptors (Lipinski definition) is 7. The summed E-state index contributed by atoms with van der Waals surface area (Å²) in [6.45, 7) is 3.76. The first kappa shape index (κ1) is 21.1. The topological polar surface area (TPSA) is 117 Å². The van der Waals surface area contributed by atoms with Crippen molar-refractivity contribution >= 4 is 23.4 Å². The number of carbonyl (C=O) groups excluding carboxylic acids is 3. The van der Waals surface area contributed by atoms with Crippen molar-refractivity contribution in [1.29, 1.82) is 0 Å². The van der Waals surface area contributed by atoms with Gasteiger partial charge in [-0.25, -0.2) is 0 Å². The van der Waals surface area contributed by atoms with Gasteiger partial charge in [-0.3, -0.25) is 24.6 Å². The number of likely N-dealkylation sites (tertiary alicyclic amines) is 1. The molecule has 0 saturated carbocycles. The number of amides is 3. The zero-order valence-electron chi connectivity index (χ0n) is 18.8. The lowest BCUT2D eigenvalue weighted by atomic mass is 9.76. The molecule has 5 unspecified atom stereocenters. The molecule has 34 heavy (non-hydrogen) atoms. The second-order valence-corrected chi connectivity index (χ2v) is 9.36. The monoisotopic (exact) mass is 463 g/mol. The molecule has 9 heteroatoms. The summed E-state index contributed by atoms with van der Waals surface area (Å²) in [4.78, 5) is 42.1. The van der Waals surface area contributed by atoms with Crippen molar-refractivity contribution in [2.75, 3.05) is 12.1 Å². The fourth-order valence-electron chi connectivity index (χ4n) is 5.85. The van der Waals surface area contributed by atoms with Crippen LogP contribution in [0.2, 0.25) is 0 Å². The van der Waals surface area contributed by atoms with Crippen LogP contribution in [0, 0.1) is 11.8 Å². The van der Waals surface area contributed by atoms with E-state index in [1.165, 1.54) is 4.90 Å². The number of nitrogens with one attached hydrogen (secondary N) is 2. The Kier molecular flexibility index (Phi) is 4.53. The van der Waals surface area contributed by atoms with E-state index in [1.807, 2.05) is 25.1 Å². The van der Waals surface area contributed by atoms with E-state index in [1.54, 1.807) is 25.1 Å². The van der Waals surface area contributed by atoms with E-state index >= 15 is 0 Å². The summed E-state index contributed by atoms with van der Waals surface area (Å²) in [7, 11) is 0. The van der Waals surface area contributed by atoms with Crippen LogP contribution in [0.15, 0.2) is 36.4 Å². The molecule has 2 saturated heterocycles. The van der Waals surface area contributed by atoms with Gasteiger partial charge in [0.1, 0.15) is 5.54 Å². The van der Waals surface area contributed by atoms with Crippen molar-refractivity contribution < 1.29 is 29.0 Å². The lowest BCUT2D eigenvalue weighted by Gasteiger charge is -2.30. The Morgan fingerprint density at radius 1 is 1.09 bits per heavy atom. The summed E-state index contributed by atoms with van der Waals surface area (Å²) in [5.41, 5.74) is 1.59. The maximum Gasteiger partial charge on any atom is 0.250 e. The van der Waals surface area contributed by atoms with E-state index < -0.39 is 41.3 Å². The quantitative estimate of drug-likeness (QED) is 0.585. The molecule has 2 aromatic carbocycles. The number of imide groups is 1. The van der Waals surface area contributed by atoms with Gasteiger partial charge in [0, 0.05) is 17.3 Å². The Morgan fingerprint density at radius 2 is 1.85 bits per heavy atom. The molecule has 0 aliphatic carbocycles. The molecule has 0 aromatic heterocycles. The van der Waals surface area contributed by atoms with Crippen LogP contribution in [-0.2, 0) is 32.9 Å². The summed E-state index contributed by atoms with van der Waals surface area (Å²) in [6.07, 6.45) is -0.186. The number of benzene rings is 2. The van der Waals surface area contributed by atoms with Gasteiger partial charge in [-0.05, 0) is 42.7 Å². The second kappa shape index (κ2) is 7.28. The van der Waals surface area contributed by atoms with Gasteiger partial charge < -0.3 is 19.9 Å². The number of ether oxygens (including phenoxy) is 2. The van der Waals surface area contributed by atoms with Crippen LogP contribution in [0.1, 0.15) is 30.5 Å². The Balaban J connectivity index is 1.42. The maximum atomic E-state index is 13.8. The first-order valence-corrected chi connectivity index (χ1v) is 11.5. The van der Waals surface area contributed by atoms with Crippen molar-refractivity contribution in [3.63, 3.8) is 0 Å². The fourth-order valence-corrected chi connectivity index (χ4v) is 5.85. The summed E-state index contributed by atoms with van der Waals surface area (Å²) in [5, 5.41) is 16.7. The van der Waals surface area contributed by atoms with Crippen LogP contribution >= 0.6 is 0 Å². The van der Waals surface area contributed by atoms with E-state index in [4.69, 9.17) is 9.47 Å². The van der Waals surface area contributed by atoms with E-state index in [0.29, 0.717) is 28.3 Å². The van der Waals surface area contributed by atoms with Crippen molar-refractivity contribution in [1.82, 2.24) is 10.2 Å². The molecule has 5 atom stereocenters. The summed E-state index contributed by atoms with van der Waals surface area (Å²) >= 11 is 0. The number of aryl methyl sites for hydroxylation is 1. The minimum Gasteiger partial charge on any atom is -0.454 e. The molecule has 9 nitrogen and oxygen atoms in total. The predicted molar refractivity (Wildman–Crippen MR) is 120 cm³/mol. The minimum atomic E-state index is -1.41. The number of nitrogens with zero attached hydrogens (tertiary/aromatic N) is 1. The number of aliphatic hydroxyl groups excluding tert-OH is 1. The van der Waals surface area contributed by atoms with Gasteiger partial charge in [0.05, 0.1) is 24.5 Å². The van der Waals surface area contributed by atoms with Gasteiger partial charge in [-0.1, -0.05) is 25.1 Å². The third kappa shape index (κ3) is 2.71. The number of rotatable bonds is 4. The van der Waals surface area contributed by atoms with E-state index in [9.17, 15) is 19.5 Å². The van der Waals surface area contributed by atoms with Crippen LogP contribution in [0.4, 0.5) is 5.69 Å². The minimum absolute atomic E-state index is 0.0490. The number of aliphatic hydroxyl groups is 1. The average Bonchev–Trinajstić information content (AvgIpc) is 3.55. The largest absolute Gasteiger partial charge is 0.454 e. The highest BCUT2D eigenvalue weighted by Gasteiger charge is 2.71. The molecule has 4 aliphatic heterocycles. The molecule has 6 rings (SSSR count). The van der Waals surface area contributed by atoms with Gasteiger partial charge in [-0.15, -0.1) is 0 Å². The molecular weight excluding hydrogens is 438 g/mol. The number of anilines is 1. The third-order valence-electron chi connectivity index (χ3n) is 7.51. The van der Waals surface area contributed by atoms with E-state index in [-0.39, 0.29) is 19.2 Å². The Morgan fingerprint density at radius 3 is 2.62 bits per heavy atom. The van der Waals surface area contributed by atoms with Gasteiger partial charge in [0.15, 0.2) is 11.5 Å². The first-order valence-electron chi connectivity index (χ1n) is 11.5. The highest BCUT2D eigenvalue weighted by Crippen LogP contribution is 2.53. The molecule has 4 heterocycles. The van der Waals surface area contributed by atoms with Crippen LogP contribution in [0.5, 0.6) is 11.5 Å². The zero-order chi connectivity index (χ0) is 23.8. The fraction of sp³-hybridized carbons (Fsp3) is 0.400. The van der Waals surface area contributed by atoms with Crippen molar-refractivity contribution in [3.05, 3.63) is 53.1 Å². The lowest BCUT2D eigenvalue weighted by molar-refractivity contribution is -0.143. The van der Waals surface area contributed by atoms with Gasteiger partial charge in [0.25, 0.3) is 0 Å². The molecule has 4 aliphatic rings. The van der Waals surface area contributed by atoms with E-state index in [2.05, 4.69) is 10.6 Å². The van der Waals surface area contributed by atoms with E-state index in [0.717, 1.165) is 12.0 Å². The smallest absolute Gasteiger partial charge is 0.250 e. The van der Waals surface area contributed by atoms with Gasteiger partial charge in [0.2, 0.25) is 24.5 Å². The average molecular weight is 463 g/mol. The van der Waals surface area contributed by atoms with Crippen LogP contribution in [0.3, 0.4) is 0 Å². The zero-order valence-corrected chi connectivity index (χ0v) is 18.8. The van der Waals surface area contributed by atoms with Gasteiger partial charge >= 0.3 is 0 Å². The van der Waals surface area contributed by atoms with Crippen LogP contribution in [-0.4, -0.2) is 46.7 Å². The highest BCUT2D eigenvalue weighted by atomic mass is 16.7. The molecule has 1 spiro atoms. The number of hydrogen-bond donors (Lipinski definition) is 3. The summed E-state index contributed by atoms with van der Waals surface area (Å²) in [6, 6.07) is 10.2. The number of carbonyl (C=O) groups is 3. The number of fused-ring (bicyclic) bond motifs is 5. The summed E-state index contributed by atoms with van der Waals surface area (Å²) < 4.78 is 10.8.